The topological polar surface area (TPSA) is 209 Å². The number of carbonyl (C=O) groups excluding carboxylic acids is 3. The highest BCUT2D eigenvalue weighted by molar-refractivity contribution is 5.81. The molecule has 0 aromatic carbocycles. The molecule has 1 rings (SSSR count). The first kappa shape index (κ1) is 45.6. The van der Waals surface area contributed by atoms with Gasteiger partial charge in [0.05, 0.1) is 34.9 Å². The number of nitrogens with zero attached hydrogens (tertiary/aromatic N) is 1. The van der Waals surface area contributed by atoms with Gasteiger partial charge in [0.15, 0.2) is 12.6 Å². The summed E-state index contributed by atoms with van der Waals surface area (Å²) in [5.74, 6) is -0.609. The fourth-order valence-electron chi connectivity index (χ4n) is 5.89. The SMILES string of the molecule is CC(=O)N[C@H]1[C@H](OCCCCCNC(=O)C(C)(C)CC(C)(C)OC(C)(C)COC(C)(C)CCNC(=O)CCC(C)(C)C#N)O[C@H](O)[C@H](O)[C@@H]1O. The highest BCUT2D eigenvalue weighted by atomic mass is 16.7. The summed E-state index contributed by atoms with van der Waals surface area (Å²) in [6.45, 7) is 21.9. The minimum Gasteiger partial charge on any atom is -0.388 e. The average molecular weight is 715 g/mol. The Morgan fingerprint density at radius 2 is 1.46 bits per heavy atom. The summed E-state index contributed by atoms with van der Waals surface area (Å²) in [5, 5.41) is 47.4. The number of aliphatic hydroxyl groups is 3. The van der Waals surface area contributed by atoms with Gasteiger partial charge in [0, 0.05) is 38.5 Å². The summed E-state index contributed by atoms with van der Waals surface area (Å²) in [7, 11) is 0. The highest BCUT2D eigenvalue weighted by Crippen LogP contribution is 2.34. The first-order chi connectivity index (χ1) is 22.8. The number of ether oxygens (including phenoxy) is 4. The second-order valence-corrected chi connectivity index (χ2v) is 16.6. The quantitative estimate of drug-likeness (QED) is 0.0899. The molecule has 0 saturated carbocycles. The summed E-state index contributed by atoms with van der Waals surface area (Å²) < 4.78 is 23.6. The fourth-order valence-corrected chi connectivity index (χ4v) is 5.89. The third kappa shape index (κ3) is 17.2. The molecule has 14 nitrogen and oxygen atoms in total. The van der Waals surface area contributed by atoms with Gasteiger partial charge in [-0.25, -0.2) is 0 Å². The Bertz CT molecular complexity index is 1130. The molecule has 1 aliphatic heterocycles. The van der Waals surface area contributed by atoms with Crippen molar-refractivity contribution < 1.29 is 48.7 Å². The second-order valence-electron chi connectivity index (χ2n) is 16.6. The van der Waals surface area contributed by atoms with Crippen LogP contribution in [0.1, 0.15) is 121 Å². The van der Waals surface area contributed by atoms with Crippen molar-refractivity contribution in [2.75, 3.05) is 26.3 Å². The molecule has 0 spiro atoms. The predicted octanol–water partition coefficient (Wildman–Crippen LogP) is 2.81. The fraction of sp³-hybridized carbons (Fsp3) is 0.889. The Morgan fingerprint density at radius 3 is 2.06 bits per heavy atom. The zero-order chi connectivity index (χ0) is 38.6. The van der Waals surface area contributed by atoms with Crippen molar-refractivity contribution in [1.29, 1.82) is 5.26 Å². The zero-order valence-electron chi connectivity index (χ0n) is 32.3. The van der Waals surface area contributed by atoms with Gasteiger partial charge in [0.2, 0.25) is 17.7 Å². The molecule has 0 bridgehead atoms. The average Bonchev–Trinajstić information content (AvgIpc) is 2.98. The zero-order valence-corrected chi connectivity index (χ0v) is 32.3. The Hall–Kier alpha value is -2.38. The van der Waals surface area contributed by atoms with Crippen LogP contribution in [-0.2, 0) is 33.3 Å². The van der Waals surface area contributed by atoms with Crippen LogP contribution in [0.25, 0.3) is 0 Å². The number of unbranched alkanes of at least 4 members (excludes halogenated alkanes) is 2. The number of nitriles is 1. The number of hydrogen-bond donors (Lipinski definition) is 6. The molecule has 1 heterocycles. The monoisotopic (exact) mass is 714 g/mol. The molecular formula is C36H66N4O10. The van der Waals surface area contributed by atoms with Gasteiger partial charge in [-0.05, 0) is 93.9 Å². The Balaban J connectivity index is 2.44. The van der Waals surface area contributed by atoms with Crippen LogP contribution in [0.5, 0.6) is 0 Å². The Labute approximate surface area is 299 Å². The van der Waals surface area contributed by atoms with Crippen molar-refractivity contribution in [3.8, 4) is 6.07 Å². The highest BCUT2D eigenvalue weighted by Gasteiger charge is 2.45. The minimum absolute atomic E-state index is 0.0812. The van der Waals surface area contributed by atoms with E-state index in [0.717, 1.165) is 6.42 Å². The van der Waals surface area contributed by atoms with Gasteiger partial charge in [0.1, 0.15) is 18.2 Å². The van der Waals surface area contributed by atoms with E-state index < -0.39 is 64.4 Å². The molecule has 1 fully saturated rings. The predicted molar refractivity (Wildman–Crippen MR) is 187 cm³/mol. The smallest absolute Gasteiger partial charge is 0.225 e. The molecule has 0 aliphatic carbocycles. The summed E-state index contributed by atoms with van der Waals surface area (Å²) in [6, 6.07) is 1.18. The molecule has 1 saturated heterocycles. The van der Waals surface area contributed by atoms with E-state index in [9.17, 15) is 29.7 Å². The van der Waals surface area contributed by atoms with Crippen molar-refractivity contribution in [3.63, 3.8) is 0 Å². The molecule has 3 amide bonds. The van der Waals surface area contributed by atoms with Crippen LogP contribution in [0, 0.1) is 22.2 Å². The second kappa shape index (κ2) is 19.5. The minimum atomic E-state index is -1.64. The summed E-state index contributed by atoms with van der Waals surface area (Å²) in [4.78, 5) is 36.9. The van der Waals surface area contributed by atoms with E-state index in [1.807, 2.05) is 69.2 Å². The number of amides is 3. The van der Waals surface area contributed by atoms with E-state index >= 15 is 0 Å². The maximum absolute atomic E-state index is 13.1. The van der Waals surface area contributed by atoms with E-state index in [-0.39, 0.29) is 18.4 Å². The summed E-state index contributed by atoms with van der Waals surface area (Å²) >= 11 is 0. The summed E-state index contributed by atoms with van der Waals surface area (Å²) in [5.41, 5.74) is -3.05. The molecule has 6 N–H and O–H groups in total. The molecule has 0 unspecified atom stereocenters. The molecule has 14 heteroatoms. The third-order valence-electron chi connectivity index (χ3n) is 8.51. The maximum Gasteiger partial charge on any atom is 0.225 e. The molecule has 5 atom stereocenters. The lowest BCUT2D eigenvalue weighted by Crippen LogP contribution is -2.63. The lowest BCUT2D eigenvalue weighted by molar-refractivity contribution is -0.315. The molecule has 0 aromatic rings. The third-order valence-corrected chi connectivity index (χ3v) is 8.51. The largest absolute Gasteiger partial charge is 0.388 e. The van der Waals surface area contributed by atoms with E-state index in [0.29, 0.717) is 58.2 Å². The molecule has 0 radical (unpaired) electrons. The van der Waals surface area contributed by atoms with Gasteiger partial charge in [-0.3, -0.25) is 14.4 Å². The van der Waals surface area contributed by atoms with Gasteiger partial charge in [-0.15, -0.1) is 0 Å². The number of carbonyl (C=O) groups is 3. The van der Waals surface area contributed by atoms with E-state index in [2.05, 4.69) is 22.0 Å². The van der Waals surface area contributed by atoms with Gasteiger partial charge in [0.25, 0.3) is 0 Å². The van der Waals surface area contributed by atoms with Crippen LogP contribution in [-0.4, -0.2) is 107 Å². The maximum atomic E-state index is 13.1. The van der Waals surface area contributed by atoms with Crippen LogP contribution in [0.3, 0.4) is 0 Å². The number of hydrogen-bond acceptors (Lipinski definition) is 11. The first-order valence-electron chi connectivity index (χ1n) is 17.7. The van der Waals surface area contributed by atoms with Crippen molar-refractivity contribution in [2.45, 2.75) is 169 Å². The van der Waals surface area contributed by atoms with Crippen LogP contribution < -0.4 is 16.0 Å². The molecule has 0 aromatic heterocycles. The van der Waals surface area contributed by atoms with Crippen molar-refractivity contribution in [1.82, 2.24) is 16.0 Å². The molecule has 1 aliphatic rings. The van der Waals surface area contributed by atoms with Crippen molar-refractivity contribution in [3.05, 3.63) is 0 Å². The van der Waals surface area contributed by atoms with E-state index in [4.69, 9.17) is 24.2 Å². The number of nitrogens with one attached hydrogen (secondary N) is 3. The molecule has 290 valence electrons. The van der Waals surface area contributed by atoms with E-state index in [1.54, 1.807) is 0 Å². The first-order valence-corrected chi connectivity index (χ1v) is 17.7. The molecular weight excluding hydrogens is 648 g/mol. The van der Waals surface area contributed by atoms with Crippen LogP contribution >= 0.6 is 0 Å². The lowest BCUT2D eigenvalue weighted by Gasteiger charge is -2.41. The van der Waals surface area contributed by atoms with Crippen molar-refractivity contribution >= 4 is 17.7 Å². The number of rotatable bonds is 22. The van der Waals surface area contributed by atoms with Crippen LogP contribution in [0.2, 0.25) is 0 Å². The van der Waals surface area contributed by atoms with Gasteiger partial charge in [-0.2, -0.15) is 5.26 Å². The van der Waals surface area contributed by atoms with Gasteiger partial charge >= 0.3 is 0 Å². The summed E-state index contributed by atoms with van der Waals surface area (Å²) in [6.07, 6.45) is -1.91. The number of aliphatic hydroxyl groups excluding tert-OH is 3. The van der Waals surface area contributed by atoms with Crippen LogP contribution in [0.15, 0.2) is 0 Å². The molecule has 50 heavy (non-hydrogen) atoms. The van der Waals surface area contributed by atoms with Crippen LogP contribution in [0.4, 0.5) is 0 Å². The normalized spacial score (nSPS) is 22.1. The van der Waals surface area contributed by atoms with Crippen molar-refractivity contribution in [2.24, 2.45) is 10.8 Å². The lowest BCUT2D eigenvalue weighted by atomic mass is 9.80. The van der Waals surface area contributed by atoms with Gasteiger partial charge in [-0.1, -0.05) is 13.8 Å². The Kier molecular flexibility index (Phi) is 17.8. The van der Waals surface area contributed by atoms with E-state index in [1.165, 1.54) is 6.92 Å². The Morgan fingerprint density at radius 1 is 0.820 bits per heavy atom. The standard InChI is InChI=1S/C36H66N4O10/c1-24(41)40-26-27(43)28(44)29(45)49-30(26)47-20-14-12-13-18-39-31(46)33(4,5)21-35(8,9)50-36(10,11)23-48-34(6,7)17-19-38-25(42)15-16-32(2,3)22-37/h26-30,43-45H,12-21,23H2,1-11H3,(H,38,42)(H,39,46)(H,40,41)/t26-,27-,28-,29+,30-/m1/s1. The van der Waals surface area contributed by atoms with Gasteiger partial charge < -0.3 is 50.2 Å².